The molecule has 1 aliphatic heterocycles. The van der Waals surface area contributed by atoms with Crippen molar-refractivity contribution in [3.05, 3.63) is 61.3 Å². The van der Waals surface area contributed by atoms with Gasteiger partial charge in [-0.05, 0) is 30.4 Å². The molecule has 7 nitrogen and oxygen atoms in total. The van der Waals surface area contributed by atoms with E-state index in [1.54, 1.807) is 23.7 Å². The molecule has 0 bridgehead atoms. The molecule has 4 rings (SSSR count). The van der Waals surface area contributed by atoms with Crippen LogP contribution in [0.2, 0.25) is 5.02 Å². The molecule has 0 aliphatic carbocycles. The monoisotopic (exact) mass is 447 g/mol. The Morgan fingerprint density at radius 1 is 1.10 bits per heavy atom. The summed E-state index contributed by atoms with van der Waals surface area (Å²) in [5.41, 5.74) is -0.0331. The summed E-state index contributed by atoms with van der Waals surface area (Å²) in [6, 6.07) is 4.52. The Hall–Kier alpha value is -2.45. The van der Waals surface area contributed by atoms with Crippen LogP contribution in [-0.4, -0.2) is 36.7 Å². The number of aromatic nitrogens is 4. The van der Waals surface area contributed by atoms with Crippen molar-refractivity contribution in [2.24, 2.45) is 25.9 Å². The quantitative estimate of drug-likeness (QED) is 0.617. The Labute approximate surface area is 184 Å². The van der Waals surface area contributed by atoms with Gasteiger partial charge in [-0.15, -0.1) is 0 Å². The van der Waals surface area contributed by atoms with Crippen molar-refractivity contribution in [2.75, 3.05) is 13.1 Å². The number of hydrogen-bond acceptors (Lipinski definition) is 4. The highest BCUT2D eigenvalue weighted by atomic mass is 35.5. The summed E-state index contributed by atoms with van der Waals surface area (Å²) in [5, 5.41) is 0.287. The summed E-state index contributed by atoms with van der Waals surface area (Å²) in [6.45, 7) is 6.86. The molecule has 0 N–H and O–H groups in total. The second-order valence-electron chi connectivity index (χ2n) is 8.83. The number of piperidine rings is 1. The van der Waals surface area contributed by atoms with Gasteiger partial charge in [-0.1, -0.05) is 31.5 Å². The fraction of sp³-hybridized carbons (Fsp3) is 0.500. The number of hydrogen-bond donors (Lipinski definition) is 0. The first-order chi connectivity index (χ1) is 14.7. The van der Waals surface area contributed by atoms with Crippen LogP contribution in [0.3, 0.4) is 0 Å². The van der Waals surface area contributed by atoms with Gasteiger partial charge in [0.15, 0.2) is 11.2 Å². The molecule has 0 amide bonds. The third-order valence-electron chi connectivity index (χ3n) is 6.11. The van der Waals surface area contributed by atoms with E-state index in [0.29, 0.717) is 35.4 Å². The Morgan fingerprint density at radius 3 is 2.42 bits per heavy atom. The molecule has 1 fully saturated rings. The molecule has 1 saturated heterocycles. The highest BCUT2D eigenvalue weighted by molar-refractivity contribution is 6.31. The lowest BCUT2D eigenvalue weighted by Crippen LogP contribution is -2.39. The van der Waals surface area contributed by atoms with E-state index in [2.05, 4.69) is 23.7 Å². The van der Waals surface area contributed by atoms with Crippen LogP contribution < -0.4 is 11.2 Å². The van der Waals surface area contributed by atoms with Gasteiger partial charge in [0.2, 0.25) is 0 Å². The van der Waals surface area contributed by atoms with Crippen molar-refractivity contribution in [1.29, 1.82) is 0 Å². The van der Waals surface area contributed by atoms with Gasteiger partial charge in [-0.2, -0.15) is 0 Å². The third kappa shape index (κ3) is 3.94. The molecule has 31 heavy (non-hydrogen) atoms. The van der Waals surface area contributed by atoms with Crippen molar-refractivity contribution < 1.29 is 4.39 Å². The first-order valence-electron chi connectivity index (χ1n) is 10.5. The molecular formula is C22H27ClFN5O2. The zero-order valence-electron chi connectivity index (χ0n) is 18.2. The Bertz CT molecular complexity index is 1230. The molecular weight excluding hydrogens is 421 g/mol. The maximum Gasteiger partial charge on any atom is 0.332 e. The first kappa shape index (κ1) is 21.8. The Morgan fingerprint density at radius 2 is 1.77 bits per heavy atom. The van der Waals surface area contributed by atoms with Crippen molar-refractivity contribution in [3.8, 4) is 0 Å². The topological polar surface area (TPSA) is 65.1 Å². The van der Waals surface area contributed by atoms with Crippen LogP contribution in [-0.2, 0) is 27.2 Å². The summed E-state index contributed by atoms with van der Waals surface area (Å²) in [5.74, 6) is 1.29. The zero-order valence-corrected chi connectivity index (χ0v) is 19.0. The molecule has 3 heterocycles. The largest absolute Gasteiger partial charge is 0.332 e. The van der Waals surface area contributed by atoms with E-state index in [0.717, 1.165) is 17.7 Å². The number of likely N-dealkylation sites (tertiary alicyclic amines) is 1. The van der Waals surface area contributed by atoms with Gasteiger partial charge in [-0.3, -0.25) is 18.8 Å². The van der Waals surface area contributed by atoms with E-state index in [4.69, 9.17) is 11.6 Å². The number of aryl methyl sites for hydroxylation is 1. The van der Waals surface area contributed by atoms with Gasteiger partial charge in [0, 0.05) is 37.8 Å². The molecule has 1 aromatic carbocycles. The highest BCUT2D eigenvalue weighted by Crippen LogP contribution is 2.25. The molecule has 166 valence electrons. The summed E-state index contributed by atoms with van der Waals surface area (Å²) >= 11 is 6.28. The van der Waals surface area contributed by atoms with Crippen LogP contribution in [0.4, 0.5) is 4.39 Å². The first-order valence-corrected chi connectivity index (χ1v) is 10.9. The highest BCUT2D eigenvalue weighted by Gasteiger charge is 2.26. The van der Waals surface area contributed by atoms with Crippen molar-refractivity contribution >= 4 is 22.8 Å². The number of rotatable bonds is 4. The van der Waals surface area contributed by atoms with E-state index in [9.17, 15) is 14.0 Å². The van der Waals surface area contributed by atoms with Crippen molar-refractivity contribution in [3.63, 3.8) is 0 Å². The van der Waals surface area contributed by atoms with Gasteiger partial charge < -0.3 is 4.57 Å². The SMILES string of the molecule is C[C@@H]1C[C@H](C)CN(Cc2nc3c(c(=O)n(C)c(=O)n3C)n2Cc2c(F)cccc2Cl)C1. The normalized spacial score (nSPS) is 19.9. The van der Waals surface area contributed by atoms with Crippen molar-refractivity contribution in [1.82, 2.24) is 23.6 Å². The molecule has 0 spiro atoms. The number of nitrogens with zero attached hydrogens (tertiary/aromatic N) is 5. The van der Waals surface area contributed by atoms with E-state index in [1.165, 1.54) is 24.1 Å². The van der Waals surface area contributed by atoms with Crippen LogP contribution in [0.1, 0.15) is 31.7 Å². The fourth-order valence-electron chi connectivity index (χ4n) is 4.75. The third-order valence-corrected chi connectivity index (χ3v) is 6.47. The minimum absolute atomic E-state index is 0.0593. The zero-order chi connectivity index (χ0) is 22.4. The molecule has 1 aliphatic rings. The maximum atomic E-state index is 14.6. The van der Waals surface area contributed by atoms with Gasteiger partial charge in [0.05, 0.1) is 13.1 Å². The molecule has 0 radical (unpaired) electrons. The second-order valence-corrected chi connectivity index (χ2v) is 9.24. The smallest absolute Gasteiger partial charge is 0.316 e. The minimum atomic E-state index is -0.454. The Kier molecular flexibility index (Phi) is 5.79. The van der Waals surface area contributed by atoms with Gasteiger partial charge in [0.25, 0.3) is 5.56 Å². The maximum absolute atomic E-state index is 14.6. The van der Waals surface area contributed by atoms with Crippen LogP contribution in [0.5, 0.6) is 0 Å². The molecule has 0 saturated carbocycles. The summed E-state index contributed by atoms with van der Waals surface area (Å²) < 4.78 is 18.7. The van der Waals surface area contributed by atoms with Gasteiger partial charge >= 0.3 is 5.69 Å². The predicted molar refractivity (Wildman–Crippen MR) is 119 cm³/mol. The summed E-state index contributed by atoms with van der Waals surface area (Å²) in [7, 11) is 3.03. The van der Waals surface area contributed by atoms with E-state index >= 15 is 0 Å². The number of benzene rings is 1. The van der Waals surface area contributed by atoms with Crippen molar-refractivity contribution in [2.45, 2.75) is 33.4 Å². The fourth-order valence-corrected chi connectivity index (χ4v) is 4.97. The molecule has 9 heteroatoms. The predicted octanol–water partition coefficient (Wildman–Crippen LogP) is 2.75. The molecule has 3 aromatic rings. The van der Waals surface area contributed by atoms with Crippen LogP contribution >= 0.6 is 11.6 Å². The second kappa shape index (κ2) is 8.24. The Balaban J connectivity index is 1.89. The minimum Gasteiger partial charge on any atom is -0.316 e. The van der Waals surface area contributed by atoms with E-state index < -0.39 is 17.1 Å². The average molecular weight is 448 g/mol. The summed E-state index contributed by atoms with van der Waals surface area (Å²) in [4.78, 5) is 32.5. The van der Waals surface area contributed by atoms with Gasteiger partial charge in [0.1, 0.15) is 11.6 Å². The van der Waals surface area contributed by atoms with E-state index in [-0.39, 0.29) is 17.1 Å². The lowest BCUT2D eigenvalue weighted by molar-refractivity contribution is 0.130. The number of imidazole rings is 1. The molecule has 2 atom stereocenters. The lowest BCUT2D eigenvalue weighted by atomic mass is 9.92. The molecule has 2 aromatic heterocycles. The van der Waals surface area contributed by atoms with Crippen LogP contribution in [0.25, 0.3) is 11.2 Å². The van der Waals surface area contributed by atoms with E-state index in [1.807, 2.05) is 0 Å². The summed E-state index contributed by atoms with van der Waals surface area (Å²) in [6.07, 6.45) is 1.17. The number of fused-ring (bicyclic) bond motifs is 1. The van der Waals surface area contributed by atoms with Crippen LogP contribution in [0, 0.1) is 17.7 Å². The number of halogens is 2. The van der Waals surface area contributed by atoms with Gasteiger partial charge in [-0.25, -0.2) is 14.2 Å². The average Bonchev–Trinajstić information content (AvgIpc) is 3.05. The molecule has 0 unspecified atom stereocenters. The lowest BCUT2D eigenvalue weighted by Gasteiger charge is -2.34. The standard InChI is InChI=1S/C22H27ClFN5O2/c1-13-8-14(2)10-28(9-13)12-18-25-20-19(21(30)27(4)22(31)26(20)3)29(18)11-15-16(23)6-5-7-17(15)24/h5-7,13-14H,8-12H2,1-4H3/t13-,14+. The van der Waals surface area contributed by atoms with Crippen LogP contribution in [0.15, 0.2) is 27.8 Å².